The van der Waals surface area contributed by atoms with Crippen LogP contribution in [0.15, 0.2) is 48.5 Å². The van der Waals surface area contributed by atoms with Gasteiger partial charge in [0.15, 0.2) is 0 Å². The summed E-state index contributed by atoms with van der Waals surface area (Å²) in [4.78, 5) is 7.34. The highest BCUT2D eigenvalue weighted by Gasteiger charge is 2.11. The average Bonchev–Trinajstić information content (AvgIpc) is 3.43. The molecule has 0 atom stereocenters. The minimum Gasteiger partial charge on any atom is -0.358 e. The first kappa shape index (κ1) is 21.1. The first-order valence-electron chi connectivity index (χ1n) is 12.8. The molecule has 0 unspecified atom stereocenters. The van der Waals surface area contributed by atoms with Crippen LogP contribution in [0.3, 0.4) is 0 Å². The molecule has 32 heavy (non-hydrogen) atoms. The Labute approximate surface area is 191 Å². The molecule has 166 valence electrons. The van der Waals surface area contributed by atoms with Crippen LogP contribution in [-0.4, -0.2) is 9.97 Å². The number of aromatic nitrogens is 2. The molecule has 0 aliphatic rings. The summed E-state index contributed by atoms with van der Waals surface area (Å²) in [5.41, 5.74) is 5.27. The zero-order valence-corrected chi connectivity index (χ0v) is 19.7. The van der Waals surface area contributed by atoms with E-state index in [9.17, 15) is 0 Å². The number of aryl methyl sites for hydroxylation is 2. The molecule has 0 saturated heterocycles. The topological polar surface area (TPSA) is 31.6 Å². The molecular formula is C30H36N2. The fourth-order valence-electron chi connectivity index (χ4n) is 5.32. The minimum atomic E-state index is 1.15. The summed E-state index contributed by atoms with van der Waals surface area (Å²) in [5, 5.41) is 8.17. The number of rotatable bonds is 10. The maximum absolute atomic E-state index is 3.67. The second-order valence-electron chi connectivity index (χ2n) is 9.52. The van der Waals surface area contributed by atoms with Crippen molar-refractivity contribution in [3.8, 4) is 0 Å². The second kappa shape index (κ2) is 9.40. The Morgan fingerprint density at radius 3 is 1.31 bits per heavy atom. The second-order valence-corrected chi connectivity index (χ2v) is 9.52. The first-order chi connectivity index (χ1) is 15.8. The van der Waals surface area contributed by atoms with E-state index >= 15 is 0 Å². The minimum absolute atomic E-state index is 1.15. The molecule has 2 heterocycles. The average molecular weight is 425 g/mol. The Bertz CT molecular complexity index is 1250. The van der Waals surface area contributed by atoms with Gasteiger partial charge in [-0.1, -0.05) is 76.6 Å². The third-order valence-electron chi connectivity index (χ3n) is 7.11. The van der Waals surface area contributed by atoms with Gasteiger partial charge in [0.1, 0.15) is 0 Å². The molecule has 2 aromatic heterocycles. The molecule has 0 spiro atoms. The lowest BCUT2D eigenvalue weighted by atomic mass is 9.97. The van der Waals surface area contributed by atoms with Crippen molar-refractivity contribution in [3.05, 3.63) is 59.9 Å². The van der Waals surface area contributed by atoms with Crippen molar-refractivity contribution in [3.63, 3.8) is 0 Å². The lowest BCUT2D eigenvalue weighted by molar-refractivity contribution is 0.662. The number of fused-ring (bicyclic) bond motifs is 7. The van der Waals surface area contributed by atoms with Crippen molar-refractivity contribution in [2.45, 2.75) is 78.1 Å². The van der Waals surface area contributed by atoms with Gasteiger partial charge in [0.25, 0.3) is 0 Å². The van der Waals surface area contributed by atoms with Crippen molar-refractivity contribution in [2.75, 3.05) is 0 Å². The van der Waals surface area contributed by atoms with E-state index in [-0.39, 0.29) is 0 Å². The molecule has 3 aromatic carbocycles. The Balaban J connectivity index is 1.50. The van der Waals surface area contributed by atoms with Gasteiger partial charge in [0, 0.05) is 33.2 Å². The molecule has 2 N–H and O–H groups in total. The lowest BCUT2D eigenvalue weighted by Crippen LogP contribution is -1.84. The summed E-state index contributed by atoms with van der Waals surface area (Å²) in [5.74, 6) is 0. The predicted molar refractivity (Wildman–Crippen MR) is 141 cm³/mol. The van der Waals surface area contributed by atoms with E-state index in [2.05, 4.69) is 72.3 Å². The zero-order valence-electron chi connectivity index (χ0n) is 19.7. The molecule has 0 fully saturated rings. The Kier molecular flexibility index (Phi) is 6.21. The third kappa shape index (κ3) is 4.03. The lowest BCUT2D eigenvalue weighted by Gasteiger charge is -2.06. The van der Waals surface area contributed by atoms with E-state index in [0.29, 0.717) is 0 Å². The number of H-pyrrole nitrogens is 2. The van der Waals surface area contributed by atoms with Crippen LogP contribution in [0.25, 0.3) is 43.4 Å². The van der Waals surface area contributed by atoms with Crippen LogP contribution in [0, 0.1) is 0 Å². The number of nitrogens with one attached hydrogen (secondary N) is 2. The summed E-state index contributed by atoms with van der Waals surface area (Å²) < 4.78 is 0. The molecule has 0 amide bonds. The van der Waals surface area contributed by atoms with E-state index in [1.54, 1.807) is 0 Å². The van der Waals surface area contributed by atoms with Crippen molar-refractivity contribution >= 4 is 43.4 Å². The number of benzene rings is 3. The maximum atomic E-state index is 3.67. The summed E-state index contributed by atoms with van der Waals surface area (Å²) in [6.07, 6.45) is 12.7. The monoisotopic (exact) mass is 424 g/mol. The van der Waals surface area contributed by atoms with Gasteiger partial charge in [-0.15, -0.1) is 0 Å². The fourth-order valence-corrected chi connectivity index (χ4v) is 5.32. The van der Waals surface area contributed by atoms with Crippen LogP contribution in [0.4, 0.5) is 0 Å². The SMILES string of the molecule is CCCCCCc1cc2c(ccc3c2ccc2c4cc(CCCCCC)[nH]c4ccc23)[nH]1. The van der Waals surface area contributed by atoms with Crippen molar-refractivity contribution < 1.29 is 0 Å². The van der Waals surface area contributed by atoms with Crippen LogP contribution in [0.1, 0.15) is 76.6 Å². The smallest absolute Gasteiger partial charge is 0.0462 e. The maximum Gasteiger partial charge on any atom is 0.0462 e. The van der Waals surface area contributed by atoms with Crippen molar-refractivity contribution in [1.29, 1.82) is 0 Å². The van der Waals surface area contributed by atoms with Gasteiger partial charge in [-0.25, -0.2) is 0 Å². The molecule has 2 heteroatoms. The Morgan fingerprint density at radius 1 is 0.469 bits per heavy atom. The van der Waals surface area contributed by atoms with Gasteiger partial charge < -0.3 is 9.97 Å². The largest absolute Gasteiger partial charge is 0.358 e. The highest BCUT2D eigenvalue weighted by Crippen LogP contribution is 2.35. The Morgan fingerprint density at radius 2 is 0.875 bits per heavy atom. The summed E-state index contributed by atoms with van der Waals surface area (Å²) in [6, 6.07) is 18.6. The van der Waals surface area contributed by atoms with Crippen LogP contribution < -0.4 is 0 Å². The van der Waals surface area contributed by atoms with Crippen molar-refractivity contribution in [2.24, 2.45) is 0 Å². The molecule has 5 aromatic rings. The van der Waals surface area contributed by atoms with Crippen LogP contribution in [-0.2, 0) is 12.8 Å². The van der Waals surface area contributed by atoms with Gasteiger partial charge >= 0.3 is 0 Å². The van der Waals surface area contributed by atoms with Gasteiger partial charge in [-0.2, -0.15) is 0 Å². The summed E-state index contributed by atoms with van der Waals surface area (Å²) >= 11 is 0. The van der Waals surface area contributed by atoms with Gasteiger partial charge in [0.05, 0.1) is 0 Å². The summed E-state index contributed by atoms with van der Waals surface area (Å²) in [6.45, 7) is 4.55. The molecule has 0 saturated carbocycles. The highest BCUT2D eigenvalue weighted by molar-refractivity contribution is 6.21. The fraction of sp³-hybridized carbons (Fsp3) is 0.400. The molecule has 0 bridgehead atoms. The van der Waals surface area contributed by atoms with Gasteiger partial charge in [0.2, 0.25) is 0 Å². The molecule has 2 nitrogen and oxygen atoms in total. The predicted octanol–water partition coefficient (Wildman–Crippen LogP) is 9.20. The van der Waals surface area contributed by atoms with E-state index in [1.165, 1.54) is 106 Å². The van der Waals surface area contributed by atoms with E-state index in [1.807, 2.05) is 0 Å². The van der Waals surface area contributed by atoms with E-state index in [4.69, 9.17) is 0 Å². The van der Waals surface area contributed by atoms with Crippen molar-refractivity contribution in [1.82, 2.24) is 9.97 Å². The zero-order chi connectivity index (χ0) is 21.9. The van der Waals surface area contributed by atoms with Crippen LogP contribution in [0.2, 0.25) is 0 Å². The molecule has 5 rings (SSSR count). The van der Waals surface area contributed by atoms with E-state index < -0.39 is 0 Å². The quantitative estimate of drug-likeness (QED) is 0.165. The molecular weight excluding hydrogens is 388 g/mol. The molecule has 0 aliphatic heterocycles. The van der Waals surface area contributed by atoms with E-state index in [0.717, 1.165) is 12.8 Å². The first-order valence-corrected chi connectivity index (χ1v) is 12.8. The number of hydrogen-bond acceptors (Lipinski definition) is 0. The Hall–Kier alpha value is -2.74. The number of unbranched alkanes of at least 4 members (excludes halogenated alkanes) is 6. The standard InChI is InChI=1S/C30H36N2/c1-3-5-7-9-11-21-19-27-25-13-14-26-24(23(25)15-17-29(27)31-21)16-18-30-28(26)20-22(32-30)12-10-8-6-4-2/h13-20,31-32H,3-12H2,1-2H3. The molecule has 0 aliphatic carbocycles. The van der Waals surface area contributed by atoms with Gasteiger partial charge in [-0.05, 0) is 71.5 Å². The number of aromatic amines is 2. The van der Waals surface area contributed by atoms with Crippen LogP contribution >= 0.6 is 0 Å². The normalized spacial score (nSPS) is 12.1. The third-order valence-corrected chi connectivity index (χ3v) is 7.11. The van der Waals surface area contributed by atoms with Crippen LogP contribution in [0.5, 0.6) is 0 Å². The molecule has 0 radical (unpaired) electrons. The highest BCUT2D eigenvalue weighted by atomic mass is 14.7. The van der Waals surface area contributed by atoms with Gasteiger partial charge in [-0.3, -0.25) is 0 Å². The summed E-state index contributed by atoms with van der Waals surface area (Å²) in [7, 11) is 0. The number of hydrogen-bond donors (Lipinski definition) is 2.